The molecule has 1 aliphatic heterocycles. The second-order valence-corrected chi connectivity index (χ2v) is 10.7. The van der Waals surface area contributed by atoms with Crippen LogP contribution in [0.2, 0.25) is 0 Å². The van der Waals surface area contributed by atoms with Crippen molar-refractivity contribution in [1.82, 2.24) is 10.2 Å². The van der Waals surface area contributed by atoms with Crippen LogP contribution in [0.5, 0.6) is 5.75 Å². The Morgan fingerprint density at radius 3 is 2.81 bits per heavy atom. The first-order valence-corrected chi connectivity index (χ1v) is 14.1. The van der Waals surface area contributed by atoms with Gasteiger partial charge in [0.05, 0.1) is 5.60 Å². The zero-order valence-corrected chi connectivity index (χ0v) is 23.4. The highest BCUT2D eigenvalue weighted by atomic mass is 19.1. The van der Waals surface area contributed by atoms with Gasteiger partial charge in [-0.15, -0.1) is 0 Å². The Labute approximate surface area is 223 Å². The van der Waals surface area contributed by atoms with E-state index in [0.717, 1.165) is 38.5 Å². The Morgan fingerprint density at radius 1 is 1.35 bits per heavy atom. The molecule has 1 saturated heterocycles. The van der Waals surface area contributed by atoms with Gasteiger partial charge in [0.2, 0.25) is 0 Å². The summed E-state index contributed by atoms with van der Waals surface area (Å²) in [7, 11) is 0. The zero-order valence-electron chi connectivity index (χ0n) is 23.4. The Hall–Kier alpha value is -2.12. The Balaban J connectivity index is 2.29. The number of unbranched alkanes of at least 4 members (excludes halogenated alkanes) is 1. The number of halogens is 1. The summed E-state index contributed by atoms with van der Waals surface area (Å²) in [4.78, 5) is 15.1. The molecule has 0 unspecified atom stereocenters. The number of hydrogen-bond acceptors (Lipinski definition) is 4. The molecule has 6 nitrogen and oxygen atoms in total. The normalized spacial score (nSPS) is 18.4. The lowest BCUT2D eigenvalue weighted by Crippen LogP contribution is -2.52. The molecule has 1 fully saturated rings. The predicted octanol–water partition coefficient (Wildman–Crippen LogP) is 6.42. The van der Waals surface area contributed by atoms with Crippen molar-refractivity contribution in [3.05, 3.63) is 42.2 Å². The van der Waals surface area contributed by atoms with E-state index in [9.17, 15) is 14.3 Å². The van der Waals surface area contributed by atoms with Crippen LogP contribution in [0.15, 0.2) is 30.9 Å². The lowest BCUT2D eigenvalue weighted by atomic mass is 9.73. The molecule has 1 aromatic rings. The third-order valence-electron chi connectivity index (χ3n) is 7.17. The number of urea groups is 1. The highest BCUT2D eigenvalue weighted by Crippen LogP contribution is 2.43. The van der Waals surface area contributed by atoms with E-state index in [1.54, 1.807) is 12.1 Å². The van der Waals surface area contributed by atoms with Crippen LogP contribution in [0.3, 0.4) is 0 Å². The molecule has 1 aromatic carbocycles. The molecule has 37 heavy (non-hydrogen) atoms. The van der Waals surface area contributed by atoms with Crippen LogP contribution in [0.25, 0.3) is 0 Å². The molecule has 2 N–H and O–H groups in total. The van der Waals surface area contributed by atoms with Crippen LogP contribution in [0.4, 0.5) is 9.18 Å². The molecule has 1 heterocycles. The molecular formula is C30H49FN2O4. The molecular weight excluding hydrogens is 471 g/mol. The summed E-state index contributed by atoms with van der Waals surface area (Å²) in [6, 6.07) is 4.37. The van der Waals surface area contributed by atoms with Gasteiger partial charge in [0.15, 0.2) is 0 Å². The van der Waals surface area contributed by atoms with Gasteiger partial charge in [0, 0.05) is 43.8 Å². The molecule has 2 rings (SSSR count). The topological polar surface area (TPSA) is 71.0 Å². The number of piperidine rings is 1. The number of rotatable bonds is 16. The lowest BCUT2D eigenvalue weighted by Gasteiger charge is -2.43. The number of aliphatic hydroxyl groups is 1. The van der Waals surface area contributed by atoms with Gasteiger partial charge in [-0.05, 0) is 76.0 Å². The molecule has 0 spiro atoms. The summed E-state index contributed by atoms with van der Waals surface area (Å²) >= 11 is 0. The molecule has 0 aliphatic carbocycles. The summed E-state index contributed by atoms with van der Waals surface area (Å²) in [5.74, 6) is 0.279. The summed E-state index contributed by atoms with van der Waals surface area (Å²) in [5, 5.41) is 15.5. The van der Waals surface area contributed by atoms with Gasteiger partial charge in [0.1, 0.15) is 18.2 Å². The van der Waals surface area contributed by atoms with Gasteiger partial charge in [-0.25, -0.2) is 9.18 Å². The van der Waals surface area contributed by atoms with Crippen molar-refractivity contribution in [2.24, 2.45) is 11.8 Å². The van der Waals surface area contributed by atoms with E-state index in [-0.39, 0.29) is 24.6 Å². The van der Waals surface area contributed by atoms with Crippen LogP contribution < -0.4 is 10.1 Å². The van der Waals surface area contributed by atoms with Crippen LogP contribution >= 0.6 is 0 Å². The van der Waals surface area contributed by atoms with E-state index in [1.807, 2.05) is 11.8 Å². The maximum Gasteiger partial charge on any atom is 0.317 e. The van der Waals surface area contributed by atoms with Crippen molar-refractivity contribution in [1.29, 1.82) is 0 Å². The van der Waals surface area contributed by atoms with Crippen molar-refractivity contribution in [3.8, 4) is 5.75 Å². The number of hydrogen-bond donors (Lipinski definition) is 2. The maximum absolute atomic E-state index is 14.5. The average molecular weight is 521 g/mol. The number of ether oxygens (including phenoxy) is 2. The monoisotopic (exact) mass is 520 g/mol. The van der Waals surface area contributed by atoms with Gasteiger partial charge >= 0.3 is 6.03 Å². The molecule has 0 radical (unpaired) electrons. The Morgan fingerprint density at radius 2 is 2.14 bits per heavy atom. The summed E-state index contributed by atoms with van der Waals surface area (Å²) in [6.07, 6.45) is 7.97. The van der Waals surface area contributed by atoms with Gasteiger partial charge < -0.3 is 24.8 Å². The van der Waals surface area contributed by atoms with Crippen LogP contribution in [0, 0.1) is 17.7 Å². The number of likely N-dealkylation sites (tertiary alicyclic amines) is 1. The Kier molecular flexibility index (Phi) is 13.4. The largest absolute Gasteiger partial charge is 0.489 e. The van der Waals surface area contributed by atoms with E-state index in [4.69, 9.17) is 9.47 Å². The standard InChI is InChI=1S/C30H49FN2O4/c1-6-12-26(20-23(4)5)32-29(34)33-17-11-13-24(22-33)30(35,16-9-10-19-36-8-3)27-21-25(31)14-15-28(27)37-18-7-2/h7,14-15,21,23-24,26,35H,2,6,8-13,16-20,22H2,1,3-5H3,(H,32,34)/t24-,26-,30+/m1/s1. The Bertz CT molecular complexity index is 834. The van der Waals surface area contributed by atoms with Crippen molar-refractivity contribution in [2.45, 2.75) is 90.7 Å². The minimum atomic E-state index is -1.34. The molecule has 7 heteroatoms. The van der Waals surface area contributed by atoms with E-state index >= 15 is 0 Å². The van der Waals surface area contributed by atoms with Crippen molar-refractivity contribution in [2.75, 3.05) is 32.9 Å². The number of benzene rings is 1. The van der Waals surface area contributed by atoms with Gasteiger partial charge in [-0.2, -0.15) is 0 Å². The lowest BCUT2D eigenvalue weighted by molar-refractivity contribution is -0.0582. The number of carbonyl (C=O) groups is 1. The molecule has 2 amide bonds. The van der Waals surface area contributed by atoms with E-state index < -0.39 is 11.4 Å². The van der Waals surface area contributed by atoms with Crippen LogP contribution in [0.1, 0.15) is 84.6 Å². The highest BCUT2D eigenvalue weighted by Gasteiger charge is 2.43. The summed E-state index contributed by atoms with van der Waals surface area (Å²) in [6.45, 7) is 14.7. The van der Waals surface area contributed by atoms with E-state index in [1.165, 1.54) is 12.1 Å². The van der Waals surface area contributed by atoms with Crippen molar-refractivity contribution >= 4 is 6.03 Å². The summed E-state index contributed by atoms with van der Waals surface area (Å²) < 4.78 is 25.8. The third-order valence-corrected chi connectivity index (χ3v) is 7.17. The quantitative estimate of drug-likeness (QED) is 0.195. The molecule has 1 aliphatic rings. The number of amides is 2. The smallest absolute Gasteiger partial charge is 0.317 e. The first-order valence-electron chi connectivity index (χ1n) is 14.1. The third kappa shape index (κ3) is 9.60. The van der Waals surface area contributed by atoms with E-state index in [0.29, 0.717) is 56.4 Å². The van der Waals surface area contributed by atoms with Crippen LogP contribution in [-0.4, -0.2) is 55.0 Å². The van der Waals surface area contributed by atoms with Gasteiger partial charge in [0.25, 0.3) is 0 Å². The molecule has 0 aromatic heterocycles. The second kappa shape index (κ2) is 16.0. The number of nitrogens with one attached hydrogen (secondary N) is 1. The van der Waals surface area contributed by atoms with Gasteiger partial charge in [-0.3, -0.25) is 0 Å². The number of nitrogens with zero attached hydrogens (tertiary/aromatic N) is 1. The fraction of sp³-hybridized carbons (Fsp3) is 0.700. The number of carbonyl (C=O) groups excluding carboxylic acids is 1. The van der Waals surface area contributed by atoms with E-state index in [2.05, 4.69) is 32.7 Å². The average Bonchev–Trinajstić information content (AvgIpc) is 2.87. The second-order valence-electron chi connectivity index (χ2n) is 10.7. The van der Waals surface area contributed by atoms with Crippen molar-refractivity contribution < 1.29 is 23.8 Å². The maximum atomic E-state index is 14.5. The SMILES string of the molecule is C=CCOc1ccc(F)cc1[C@](O)(CCCCOCC)[C@@H]1CCCN(C(=O)N[C@H](CCC)CC(C)C)C1. The first-order chi connectivity index (χ1) is 17.7. The molecule has 210 valence electrons. The fourth-order valence-electron chi connectivity index (χ4n) is 5.40. The molecule has 0 saturated carbocycles. The predicted molar refractivity (Wildman–Crippen MR) is 147 cm³/mol. The van der Waals surface area contributed by atoms with Crippen molar-refractivity contribution in [3.63, 3.8) is 0 Å². The van der Waals surface area contributed by atoms with Gasteiger partial charge in [-0.1, -0.05) is 39.8 Å². The molecule has 0 bridgehead atoms. The fourth-order valence-corrected chi connectivity index (χ4v) is 5.40. The zero-order chi connectivity index (χ0) is 27.3. The first kappa shape index (κ1) is 31.1. The minimum absolute atomic E-state index is 0.0788. The highest BCUT2D eigenvalue weighted by molar-refractivity contribution is 5.74. The minimum Gasteiger partial charge on any atom is -0.489 e. The van der Waals surface area contributed by atoms with Crippen LogP contribution in [-0.2, 0) is 10.3 Å². The summed E-state index contributed by atoms with van der Waals surface area (Å²) in [5.41, 5.74) is -0.897. The molecule has 3 atom stereocenters.